The Hall–Kier alpha value is -1.49. The average Bonchev–Trinajstić information content (AvgIpc) is 2.83. The maximum absolute atomic E-state index is 12.3. The van der Waals surface area contributed by atoms with Crippen molar-refractivity contribution < 1.29 is 18.7 Å². The molecule has 1 unspecified atom stereocenters. The molecule has 1 aliphatic rings. The van der Waals surface area contributed by atoms with Gasteiger partial charge >= 0.3 is 5.97 Å². The van der Waals surface area contributed by atoms with Gasteiger partial charge in [0, 0.05) is 6.54 Å². The molecule has 6 heteroatoms. The van der Waals surface area contributed by atoms with Gasteiger partial charge in [0.1, 0.15) is 6.04 Å². The van der Waals surface area contributed by atoms with Crippen LogP contribution < -0.4 is 0 Å². The predicted molar refractivity (Wildman–Crippen MR) is 64.4 cm³/mol. The molecule has 0 radical (unpaired) electrons. The van der Waals surface area contributed by atoms with Crippen molar-refractivity contribution in [2.75, 3.05) is 13.7 Å². The van der Waals surface area contributed by atoms with E-state index in [2.05, 4.69) is 0 Å². The second-order valence-electron chi connectivity index (χ2n) is 4.14. The van der Waals surface area contributed by atoms with Crippen LogP contribution in [0.5, 0.6) is 0 Å². The molecule has 1 aliphatic heterocycles. The van der Waals surface area contributed by atoms with Gasteiger partial charge in [-0.1, -0.05) is 0 Å². The minimum atomic E-state index is -0.526. The second kappa shape index (κ2) is 5.44. The summed E-state index contributed by atoms with van der Waals surface area (Å²) < 4.78 is 9.63. The summed E-state index contributed by atoms with van der Waals surface area (Å²) in [5.41, 5.74) is 0.285. The van der Waals surface area contributed by atoms with Crippen LogP contribution in [0.25, 0.3) is 0 Å². The number of likely N-dealkylation sites (tertiary alicyclic amines) is 1. The molecule has 0 aromatic carbocycles. The first-order valence-corrected chi connectivity index (χ1v) is 6.14. The van der Waals surface area contributed by atoms with Crippen LogP contribution in [0.15, 0.2) is 16.7 Å². The monoisotopic (exact) mass is 271 g/mol. The Kier molecular flexibility index (Phi) is 3.91. The predicted octanol–water partition coefficient (Wildman–Crippen LogP) is 2.10. The highest BCUT2D eigenvalue weighted by molar-refractivity contribution is 6.32. The zero-order valence-corrected chi connectivity index (χ0v) is 10.8. The van der Waals surface area contributed by atoms with E-state index in [1.54, 1.807) is 0 Å². The first-order valence-electron chi connectivity index (χ1n) is 5.77. The zero-order chi connectivity index (χ0) is 13.1. The van der Waals surface area contributed by atoms with E-state index in [4.69, 9.17) is 20.8 Å². The standard InChI is InChI=1S/C12H14ClNO4/c1-17-12(16)9-4-2-3-6-14(9)11(15)8-5-7-18-10(8)13/h5,7,9H,2-4,6H2,1H3. The third kappa shape index (κ3) is 2.36. The molecule has 2 heterocycles. The molecule has 0 N–H and O–H groups in total. The average molecular weight is 272 g/mol. The van der Waals surface area contributed by atoms with Crippen molar-refractivity contribution in [1.82, 2.24) is 4.90 Å². The molecule has 1 aromatic rings. The summed E-state index contributed by atoms with van der Waals surface area (Å²) in [6, 6.07) is 0.982. The summed E-state index contributed by atoms with van der Waals surface area (Å²) in [7, 11) is 1.32. The fourth-order valence-corrected chi connectivity index (χ4v) is 2.35. The van der Waals surface area contributed by atoms with Crippen LogP contribution in [-0.4, -0.2) is 36.5 Å². The Bertz CT molecular complexity index is 457. The van der Waals surface area contributed by atoms with E-state index in [0.717, 1.165) is 12.8 Å². The number of rotatable bonds is 2. The summed E-state index contributed by atoms with van der Waals surface area (Å²) >= 11 is 5.78. The first kappa shape index (κ1) is 13.0. The molecule has 1 aromatic heterocycles. The molecule has 0 bridgehead atoms. The van der Waals surface area contributed by atoms with Gasteiger partial charge in [-0.25, -0.2) is 4.79 Å². The van der Waals surface area contributed by atoms with Crippen LogP contribution in [0.2, 0.25) is 5.22 Å². The molecule has 1 amide bonds. The number of carbonyl (C=O) groups excluding carboxylic acids is 2. The number of ether oxygens (including phenoxy) is 1. The van der Waals surface area contributed by atoms with Gasteiger partial charge in [-0.3, -0.25) is 4.79 Å². The highest BCUT2D eigenvalue weighted by Crippen LogP contribution is 2.24. The Balaban J connectivity index is 2.21. The number of nitrogens with zero attached hydrogens (tertiary/aromatic N) is 1. The van der Waals surface area contributed by atoms with E-state index in [0.29, 0.717) is 13.0 Å². The summed E-state index contributed by atoms with van der Waals surface area (Å²) in [6.45, 7) is 0.528. The third-order valence-electron chi connectivity index (χ3n) is 3.09. The molecule has 18 heavy (non-hydrogen) atoms. The number of esters is 1. The van der Waals surface area contributed by atoms with Crippen molar-refractivity contribution >= 4 is 23.5 Å². The van der Waals surface area contributed by atoms with Crippen LogP contribution in [-0.2, 0) is 9.53 Å². The number of carbonyl (C=O) groups is 2. The minimum Gasteiger partial charge on any atom is -0.467 e. The van der Waals surface area contributed by atoms with Crippen molar-refractivity contribution in [3.8, 4) is 0 Å². The highest BCUT2D eigenvalue weighted by Gasteiger charge is 2.34. The fourth-order valence-electron chi connectivity index (χ4n) is 2.16. The van der Waals surface area contributed by atoms with Crippen molar-refractivity contribution in [1.29, 1.82) is 0 Å². The molecule has 0 spiro atoms. The van der Waals surface area contributed by atoms with Crippen LogP contribution >= 0.6 is 11.6 Å². The van der Waals surface area contributed by atoms with E-state index in [-0.39, 0.29) is 22.7 Å². The highest BCUT2D eigenvalue weighted by atomic mass is 35.5. The lowest BCUT2D eigenvalue weighted by molar-refractivity contribution is -0.147. The van der Waals surface area contributed by atoms with Gasteiger partial charge in [0.25, 0.3) is 5.91 Å². The number of hydrogen-bond donors (Lipinski definition) is 0. The van der Waals surface area contributed by atoms with E-state index in [1.165, 1.54) is 24.3 Å². The Morgan fingerprint density at radius 2 is 2.28 bits per heavy atom. The van der Waals surface area contributed by atoms with E-state index < -0.39 is 6.04 Å². The van der Waals surface area contributed by atoms with Gasteiger partial charge in [0.05, 0.1) is 18.9 Å². The summed E-state index contributed by atoms with van der Waals surface area (Å²) in [5, 5.41) is 0.0502. The quantitative estimate of drug-likeness (QED) is 0.773. The summed E-state index contributed by atoms with van der Waals surface area (Å²) in [5.74, 6) is -0.675. The van der Waals surface area contributed by atoms with Crippen molar-refractivity contribution in [3.63, 3.8) is 0 Å². The van der Waals surface area contributed by atoms with Crippen LogP contribution in [0.3, 0.4) is 0 Å². The third-order valence-corrected chi connectivity index (χ3v) is 3.38. The van der Waals surface area contributed by atoms with Gasteiger partial charge in [-0.15, -0.1) is 0 Å². The van der Waals surface area contributed by atoms with Crippen molar-refractivity contribution in [3.05, 3.63) is 23.1 Å². The summed E-state index contributed by atoms with van der Waals surface area (Å²) in [4.78, 5) is 25.5. The normalized spacial score (nSPS) is 19.7. The SMILES string of the molecule is COC(=O)C1CCCCN1C(=O)c1ccoc1Cl. The Morgan fingerprint density at radius 1 is 1.50 bits per heavy atom. The van der Waals surface area contributed by atoms with Crippen LogP contribution in [0.1, 0.15) is 29.6 Å². The maximum atomic E-state index is 12.3. The Labute approximate surface area is 110 Å². The van der Waals surface area contributed by atoms with Crippen molar-refractivity contribution in [2.24, 2.45) is 0 Å². The Morgan fingerprint density at radius 3 is 2.89 bits per heavy atom. The fraction of sp³-hybridized carbons (Fsp3) is 0.500. The lowest BCUT2D eigenvalue weighted by Gasteiger charge is -2.33. The molecule has 1 fully saturated rings. The number of hydrogen-bond acceptors (Lipinski definition) is 4. The maximum Gasteiger partial charge on any atom is 0.328 e. The molecular weight excluding hydrogens is 258 g/mol. The number of amides is 1. The summed E-state index contributed by atoms with van der Waals surface area (Å²) in [6.07, 6.45) is 3.75. The number of piperidine rings is 1. The second-order valence-corrected chi connectivity index (χ2v) is 4.48. The van der Waals surface area contributed by atoms with Gasteiger partial charge in [0.15, 0.2) is 0 Å². The first-order chi connectivity index (χ1) is 8.65. The lowest BCUT2D eigenvalue weighted by Crippen LogP contribution is -2.48. The van der Waals surface area contributed by atoms with Gasteiger partial charge < -0.3 is 14.1 Å². The smallest absolute Gasteiger partial charge is 0.328 e. The lowest BCUT2D eigenvalue weighted by atomic mass is 10.0. The van der Waals surface area contributed by atoms with E-state index >= 15 is 0 Å². The van der Waals surface area contributed by atoms with E-state index in [1.807, 2.05) is 0 Å². The topological polar surface area (TPSA) is 59.8 Å². The van der Waals surface area contributed by atoms with Gasteiger partial charge in [0.2, 0.25) is 5.22 Å². The molecule has 0 aliphatic carbocycles. The molecule has 5 nitrogen and oxygen atoms in total. The molecule has 98 valence electrons. The molecule has 1 saturated heterocycles. The number of methoxy groups -OCH3 is 1. The number of furan rings is 1. The molecular formula is C12H14ClNO4. The van der Waals surface area contributed by atoms with Crippen molar-refractivity contribution in [2.45, 2.75) is 25.3 Å². The molecule has 2 rings (SSSR count). The van der Waals surface area contributed by atoms with Gasteiger partial charge in [-0.05, 0) is 36.9 Å². The number of halogens is 1. The zero-order valence-electron chi connectivity index (χ0n) is 10.0. The van der Waals surface area contributed by atoms with Crippen LogP contribution in [0.4, 0.5) is 0 Å². The molecule has 0 saturated carbocycles. The van der Waals surface area contributed by atoms with E-state index in [9.17, 15) is 9.59 Å². The van der Waals surface area contributed by atoms with Gasteiger partial charge in [-0.2, -0.15) is 0 Å². The van der Waals surface area contributed by atoms with Crippen LogP contribution in [0, 0.1) is 0 Å². The minimum absolute atomic E-state index is 0.0502. The molecule has 1 atom stereocenters. The largest absolute Gasteiger partial charge is 0.467 e.